The Morgan fingerprint density at radius 2 is 1.69 bits per heavy atom. The van der Waals surface area contributed by atoms with Crippen LogP contribution in [-0.2, 0) is 29.7 Å². The van der Waals surface area contributed by atoms with Crippen molar-refractivity contribution in [3.63, 3.8) is 0 Å². The van der Waals surface area contributed by atoms with E-state index in [1.165, 1.54) is 5.56 Å². The normalized spacial score (nSPS) is 18.4. The van der Waals surface area contributed by atoms with E-state index in [1.54, 1.807) is 32.0 Å². The number of hydrogen-bond acceptors (Lipinski definition) is 10. The smallest absolute Gasteiger partial charge is 0.259 e. The number of carbonyl (C=O) groups is 3. The first-order valence-electron chi connectivity index (χ1n) is 18.0. The second-order valence-electron chi connectivity index (χ2n) is 14.3. The maximum absolute atomic E-state index is 13.1. The highest BCUT2D eigenvalue weighted by molar-refractivity contribution is 6.00. The van der Waals surface area contributed by atoms with Crippen molar-refractivity contribution in [1.82, 2.24) is 24.7 Å². The van der Waals surface area contributed by atoms with Crippen LogP contribution in [0.5, 0.6) is 11.5 Å². The number of ether oxygens (including phenoxy) is 2. The number of hydrogen-bond donors (Lipinski definition) is 1. The third kappa shape index (κ3) is 6.92. The summed E-state index contributed by atoms with van der Waals surface area (Å²) in [7, 11) is 6.98. The Labute approximate surface area is 303 Å². The van der Waals surface area contributed by atoms with Gasteiger partial charge in [0.2, 0.25) is 11.8 Å². The number of rotatable bonds is 11. The largest absolute Gasteiger partial charge is 0.496 e. The summed E-state index contributed by atoms with van der Waals surface area (Å²) in [6.07, 6.45) is 8.25. The molecule has 0 bridgehead atoms. The second kappa shape index (κ2) is 14.9. The lowest BCUT2D eigenvalue weighted by atomic mass is 9.87. The Kier molecular flexibility index (Phi) is 10.1. The van der Waals surface area contributed by atoms with Gasteiger partial charge in [-0.05, 0) is 86.6 Å². The molecule has 7 rings (SSSR count). The van der Waals surface area contributed by atoms with Gasteiger partial charge in [0.1, 0.15) is 23.6 Å². The van der Waals surface area contributed by atoms with Gasteiger partial charge >= 0.3 is 0 Å². The van der Waals surface area contributed by atoms with E-state index in [9.17, 15) is 19.2 Å². The Bertz CT molecular complexity index is 2060. The molecular formula is C40H46N6O6. The lowest BCUT2D eigenvalue weighted by Crippen LogP contribution is -2.51. The molecule has 3 aliphatic rings. The van der Waals surface area contributed by atoms with Gasteiger partial charge in [0.25, 0.3) is 5.56 Å². The van der Waals surface area contributed by atoms with Gasteiger partial charge in [-0.15, -0.1) is 0 Å². The van der Waals surface area contributed by atoms with Crippen molar-refractivity contribution in [2.24, 2.45) is 7.05 Å². The average molecular weight is 707 g/mol. The monoisotopic (exact) mass is 706 g/mol. The fraction of sp³-hybridized carbons (Fsp3) is 0.425. The minimum absolute atomic E-state index is 0.0872. The minimum Gasteiger partial charge on any atom is -0.496 e. The van der Waals surface area contributed by atoms with Crippen LogP contribution < -0.4 is 25.2 Å². The summed E-state index contributed by atoms with van der Waals surface area (Å²) in [5.74, 6) is 2.13. The molecule has 1 unspecified atom stereocenters. The predicted molar refractivity (Wildman–Crippen MR) is 199 cm³/mol. The Balaban J connectivity index is 1.08. The van der Waals surface area contributed by atoms with Crippen molar-refractivity contribution >= 4 is 34.7 Å². The van der Waals surface area contributed by atoms with Crippen molar-refractivity contribution in [3.8, 4) is 22.6 Å². The molecule has 272 valence electrons. The molecule has 2 aromatic heterocycles. The molecule has 0 aliphatic carbocycles. The molecule has 2 aromatic carbocycles. The summed E-state index contributed by atoms with van der Waals surface area (Å²) in [5.41, 5.74) is 5.38. The fourth-order valence-corrected chi connectivity index (χ4v) is 7.85. The van der Waals surface area contributed by atoms with Crippen molar-refractivity contribution in [2.45, 2.75) is 57.2 Å². The molecular weight excluding hydrogens is 660 g/mol. The van der Waals surface area contributed by atoms with Crippen LogP contribution in [0, 0.1) is 0 Å². The summed E-state index contributed by atoms with van der Waals surface area (Å²) in [4.78, 5) is 60.3. The van der Waals surface area contributed by atoms with Crippen LogP contribution >= 0.6 is 0 Å². The van der Waals surface area contributed by atoms with Crippen molar-refractivity contribution in [1.29, 1.82) is 0 Å². The number of anilines is 1. The molecule has 52 heavy (non-hydrogen) atoms. The van der Waals surface area contributed by atoms with E-state index in [0.29, 0.717) is 42.8 Å². The highest BCUT2D eigenvalue weighted by Gasteiger charge is 2.31. The number of likely N-dealkylation sites (N-methyl/N-ethyl adjacent to an activating group) is 1. The van der Waals surface area contributed by atoms with Crippen LogP contribution in [0.15, 0.2) is 53.6 Å². The molecule has 3 aliphatic heterocycles. The molecule has 0 saturated carbocycles. The summed E-state index contributed by atoms with van der Waals surface area (Å²) >= 11 is 0. The van der Waals surface area contributed by atoms with E-state index in [2.05, 4.69) is 32.2 Å². The van der Waals surface area contributed by atoms with Crippen LogP contribution in [-0.4, -0.2) is 90.9 Å². The van der Waals surface area contributed by atoms with Crippen LogP contribution in [0.1, 0.15) is 65.1 Å². The maximum atomic E-state index is 13.1. The van der Waals surface area contributed by atoms with E-state index >= 15 is 0 Å². The lowest BCUT2D eigenvalue weighted by Gasteiger charge is -2.33. The first kappa shape index (κ1) is 35.3. The Morgan fingerprint density at radius 1 is 0.962 bits per heavy atom. The second-order valence-corrected chi connectivity index (χ2v) is 14.3. The van der Waals surface area contributed by atoms with E-state index in [0.717, 1.165) is 96.7 Å². The molecule has 12 nitrogen and oxygen atoms in total. The number of nitrogens with zero attached hydrogens (tertiary/aromatic N) is 5. The van der Waals surface area contributed by atoms with E-state index in [-0.39, 0.29) is 17.4 Å². The van der Waals surface area contributed by atoms with Crippen LogP contribution in [0.4, 0.5) is 5.82 Å². The number of imide groups is 1. The third-order valence-electron chi connectivity index (χ3n) is 11.0. The molecule has 0 radical (unpaired) electrons. The summed E-state index contributed by atoms with van der Waals surface area (Å²) in [6, 6.07) is 11.7. The maximum Gasteiger partial charge on any atom is 0.259 e. The van der Waals surface area contributed by atoms with Gasteiger partial charge in [-0.3, -0.25) is 34.3 Å². The van der Waals surface area contributed by atoms with E-state index in [4.69, 9.17) is 9.47 Å². The van der Waals surface area contributed by atoms with Crippen molar-refractivity contribution in [3.05, 3.63) is 81.4 Å². The quantitative estimate of drug-likeness (QED) is 0.179. The number of aryl methyl sites for hydroxylation is 1. The lowest BCUT2D eigenvalue weighted by molar-refractivity contribution is -0.137. The zero-order chi connectivity index (χ0) is 36.5. The SMILES string of the molecule is COc1cc(-c2cn(C)c(=O)c3cnc(N4CCC4)cc23)cc(OC)c1CN1CCC(c2ccc(C=O)c(CN(C)C3CCC(=O)NC3=O)c2)CC1. The van der Waals surface area contributed by atoms with Crippen molar-refractivity contribution in [2.75, 3.05) is 52.3 Å². The highest BCUT2D eigenvalue weighted by atomic mass is 16.5. The fourth-order valence-electron chi connectivity index (χ4n) is 7.85. The third-order valence-corrected chi connectivity index (χ3v) is 11.0. The van der Waals surface area contributed by atoms with E-state index < -0.39 is 6.04 Å². The average Bonchev–Trinajstić information content (AvgIpc) is 3.12. The van der Waals surface area contributed by atoms with Gasteiger partial charge in [-0.2, -0.15) is 0 Å². The molecule has 2 amide bonds. The van der Waals surface area contributed by atoms with Crippen LogP contribution in [0.3, 0.4) is 0 Å². The zero-order valence-corrected chi connectivity index (χ0v) is 30.3. The molecule has 5 heterocycles. The number of aromatic nitrogens is 2. The highest BCUT2D eigenvalue weighted by Crippen LogP contribution is 2.40. The summed E-state index contributed by atoms with van der Waals surface area (Å²) < 4.78 is 13.6. The number of fused-ring (bicyclic) bond motifs is 1. The summed E-state index contributed by atoms with van der Waals surface area (Å²) in [6.45, 7) is 4.76. The topological polar surface area (TPSA) is 126 Å². The predicted octanol–water partition coefficient (Wildman–Crippen LogP) is 4.26. The molecule has 3 saturated heterocycles. The van der Waals surface area contributed by atoms with Crippen molar-refractivity contribution < 1.29 is 23.9 Å². The molecule has 3 fully saturated rings. The zero-order valence-electron chi connectivity index (χ0n) is 30.3. The number of amides is 2. The molecule has 1 atom stereocenters. The van der Waals surface area contributed by atoms with Gasteiger partial charge in [0, 0.05) is 68.6 Å². The number of likely N-dealkylation sites (tertiary alicyclic amines) is 1. The standard InChI is InChI=1S/C40H46N6O6/c1-43(34-8-9-38(48)42-39(34)49)21-29-16-26(6-7-27(29)24-47)25-10-14-45(15-11-25)23-33-35(51-3)17-28(18-36(33)52-4)32-22-44(2)40(50)31-20-41-37(19-30(31)32)46-12-5-13-46/h6-7,16-20,22,24-25,34H,5,8-15,21,23H2,1-4H3,(H,42,48,49). The van der Waals surface area contributed by atoms with E-state index in [1.807, 2.05) is 42.4 Å². The van der Waals surface area contributed by atoms with Crippen LogP contribution in [0.25, 0.3) is 21.9 Å². The first-order valence-corrected chi connectivity index (χ1v) is 18.0. The van der Waals surface area contributed by atoms with Gasteiger partial charge in [0.15, 0.2) is 0 Å². The Morgan fingerprint density at radius 3 is 2.33 bits per heavy atom. The number of aldehydes is 1. The van der Waals surface area contributed by atoms with Gasteiger partial charge in [-0.25, -0.2) is 4.98 Å². The minimum atomic E-state index is -0.409. The Hall–Kier alpha value is -5.07. The molecule has 4 aromatic rings. The summed E-state index contributed by atoms with van der Waals surface area (Å²) in [5, 5.41) is 3.85. The number of benzene rings is 2. The number of piperidine rings is 2. The first-order chi connectivity index (χ1) is 25.2. The van der Waals surface area contributed by atoms with Gasteiger partial charge in [-0.1, -0.05) is 18.2 Å². The van der Waals surface area contributed by atoms with Crippen LogP contribution in [0.2, 0.25) is 0 Å². The molecule has 12 heteroatoms. The van der Waals surface area contributed by atoms with Gasteiger partial charge < -0.3 is 18.9 Å². The number of pyridine rings is 2. The molecule has 1 N–H and O–H groups in total. The van der Waals surface area contributed by atoms with Gasteiger partial charge in [0.05, 0.1) is 31.2 Å². The molecule has 0 spiro atoms. The number of methoxy groups -OCH3 is 2. The number of carbonyl (C=O) groups excluding carboxylic acids is 3. The number of nitrogens with one attached hydrogen (secondary N) is 1.